The van der Waals surface area contributed by atoms with Crippen molar-refractivity contribution in [1.29, 1.82) is 0 Å². The summed E-state index contributed by atoms with van der Waals surface area (Å²) in [6, 6.07) is 66.0. The largest absolute Gasteiger partial charge is 0.208 e. The number of fused-ring (bicyclic) bond motifs is 2. The lowest BCUT2D eigenvalue weighted by atomic mass is 9.90. The predicted molar refractivity (Wildman–Crippen MR) is 207 cm³/mol. The molecule has 0 aliphatic carbocycles. The fourth-order valence-electron chi connectivity index (χ4n) is 6.71. The Morgan fingerprint density at radius 2 is 0.660 bits per heavy atom. The standard InChI is InChI=1S/C47H31N3/c1-3-12-32(13-4-1)38-26-27-43(44(31-38)35-16-5-2-6-17-35)39-20-11-21-40(30-39)45-48-46(41-24-22-33-14-7-9-18-36(33)28-41)50-47(49-45)42-25-23-34-15-8-10-19-37(34)29-42/h1-31H. The minimum Gasteiger partial charge on any atom is -0.208 e. The second-order valence-electron chi connectivity index (χ2n) is 12.5. The van der Waals surface area contributed by atoms with Gasteiger partial charge in [0.05, 0.1) is 0 Å². The average Bonchev–Trinajstić information content (AvgIpc) is 3.21. The third-order valence-corrected chi connectivity index (χ3v) is 9.29. The predicted octanol–water partition coefficient (Wildman–Crippen LogP) is 12.2. The molecule has 234 valence electrons. The van der Waals surface area contributed by atoms with Crippen LogP contribution in [0.2, 0.25) is 0 Å². The number of benzene rings is 8. The highest BCUT2D eigenvalue weighted by atomic mass is 15.0. The van der Waals surface area contributed by atoms with Gasteiger partial charge in [-0.1, -0.05) is 164 Å². The van der Waals surface area contributed by atoms with Gasteiger partial charge in [-0.25, -0.2) is 15.0 Å². The van der Waals surface area contributed by atoms with E-state index in [1.807, 2.05) is 0 Å². The first-order valence-corrected chi connectivity index (χ1v) is 16.9. The minimum atomic E-state index is 0.635. The molecule has 0 saturated heterocycles. The van der Waals surface area contributed by atoms with Gasteiger partial charge in [-0.2, -0.15) is 0 Å². The molecule has 1 heterocycles. The van der Waals surface area contributed by atoms with Gasteiger partial charge < -0.3 is 0 Å². The van der Waals surface area contributed by atoms with E-state index in [0.29, 0.717) is 17.5 Å². The van der Waals surface area contributed by atoms with Gasteiger partial charge in [0.2, 0.25) is 0 Å². The zero-order chi connectivity index (χ0) is 33.3. The second-order valence-corrected chi connectivity index (χ2v) is 12.5. The molecule has 0 unspecified atom stereocenters. The summed E-state index contributed by atoms with van der Waals surface area (Å²) < 4.78 is 0. The summed E-state index contributed by atoms with van der Waals surface area (Å²) in [5.74, 6) is 1.92. The molecule has 0 atom stereocenters. The van der Waals surface area contributed by atoms with Crippen LogP contribution in [0.25, 0.3) is 89.1 Å². The molecule has 0 spiro atoms. The van der Waals surface area contributed by atoms with Crippen LogP contribution in [0.15, 0.2) is 188 Å². The van der Waals surface area contributed by atoms with E-state index in [9.17, 15) is 0 Å². The summed E-state index contributed by atoms with van der Waals surface area (Å²) in [7, 11) is 0. The van der Waals surface area contributed by atoms with Crippen molar-refractivity contribution < 1.29 is 0 Å². The highest BCUT2D eigenvalue weighted by Crippen LogP contribution is 2.37. The van der Waals surface area contributed by atoms with E-state index in [2.05, 4.69) is 188 Å². The molecule has 0 radical (unpaired) electrons. The molecule has 9 aromatic rings. The number of hydrogen-bond acceptors (Lipinski definition) is 3. The minimum absolute atomic E-state index is 0.635. The Labute approximate surface area is 291 Å². The van der Waals surface area contributed by atoms with Gasteiger partial charge in [-0.3, -0.25) is 0 Å². The maximum absolute atomic E-state index is 5.12. The van der Waals surface area contributed by atoms with Crippen LogP contribution in [0.1, 0.15) is 0 Å². The number of nitrogens with zero attached hydrogens (tertiary/aromatic N) is 3. The summed E-state index contributed by atoms with van der Waals surface area (Å²) in [5.41, 5.74) is 9.80. The summed E-state index contributed by atoms with van der Waals surface area (Å²) in [4.78, 5) is 15.3. The van der Waals surface area contributed by atoms with Crippen molar-refractivity contribution in [3.63, 3.8) is 0 Å². The fourth-order valence-corrected chi connectivity index (χ4v) is 6.71. The van der Waals surface area contributed by atoms with Gasteiger partial charge in [-0.05, 0) is 79.2 Å². The zero-order valence-corrected chi connectivity index (χ0v) is 27.2. The molecule has 1 aromatic heterocycles. The monoisotopic (exact) mass is 637 g/mol. The van der Waals surface area contributed by atoms with E-state index in [1.165, 1.54) is 33.0 Å². The maximum Gasteiger partial charge on any atom is 0.164 e. The van der Waals surface area contributed by atoms with Crippen molar-refractivity contribution in [3.05, 3.63) is 188 Å². The van der Waals surface area contributed by atoms with E-state index in [4.69, 9.17) is 15.0 Å². The van der Waals surface area contributed by atoms with E-state index in [1.54, 1.807) is 0 Å². The first-order valence-electron chi connectivity index (χ1n) is 16.9. The normalized spacial score (nSPS) is 11.2. The Bertz CT molecular complexity index is 2550. The second kappa shape index (κ2) is 12.7. The first-order chi connectivity index (χ1) is 24.7. The quantitative estimate of drug-likeness (QED) is 0.182. The molecule has 0 saturated carbocycles. The topological polar surface area (TPSA) is 38.7 Å². The number of aromatic nitrogens is 3. The lowest BCUT2D eigenvalue weighted by Crippen LogP contribution is -2.00. The van der Waals surface area contributed by atoms with Crippen molar-refractivity contribution in [3.8, 4) is 67.5 Å². The number of hydrogen-bond donors (Lipinski definition) is 0. The van der Waals surface area contributed by atoms with Gasteiger partial charge in [-0.15, -0.1) is 0 Å². The van der Waals surface area contributed by atoms with Crippen LogP contribution in [-0.4, -0.2) is 15.0 Å². The van der Waals surface area contributed by atoms with Crippen molar-refractivity contribution >= 4 is 21.5 Å². The molecule has 0 N–H and O–H groups in total. The van der Waals surface area contributed by atoms with Gasteiger partial charge in [0.1, 0.15) is 0 Å². The lowest BCUT2D eigenvalue weighted by molar-refractivity contribution is 1.08. The molecule has 0 aliphatic heterocycles. The van der Waals surface area contributed by atoms with E-state index < -0.39 is 0 Å². The molecule has 3 heteroatoms. The molecule has 0 fully saturated rings. The first kappa shape index (κ1) is 29.4. The SMILES string of the molecule is c1ccc(-c2ccc(-c3cccc(-c4nc(-c5ccc6ccccc6c5)nc(-c5ccc6ccccc6c5)n4)c3)c(-c3ccccc3)c2)cc1. The van der Waals surface area contributed by atoms with Crippen molar-refractivity contribution in [1.82, 2.24) is 15.0 Å². The van der Waals surface area contributed by atoms with Crippen LogP contribution in [0, 0.1) is 0 Å². The third-order valence-electron chi connectivity index (χ3n) is 9.29. The van der Waals surface area contributed by atoms with E-state index in [-0.39, 0.29) is 0 Å². The summed E-state index contributed by atoms with van der Waals surface area (Å²) in [6.45, 7) is 0. The average molecular weight is 638 g/mol. The van der Waals surface area contributed by atoms with Gasteiger partial charge in [0, 0.05) is 16.7 Å². The van der Waals surface area contributed by atoms with Crippen LogP contribution in [0.5, 0.6) is 0 Å². The smallest absolute Gasteiger partial charge is 0.164 e. The van der Waals surface area contributed by atoms with Crippen molar-refractivity contribution in [2.75, 3.05) is 0 Å². The molecule has 9 rings (SSSR count). The maximum atomic E-state index is 5.12. The highest BCUT2D eigenvalue weighted by Gasteiger charge is 2.16. The van der Waals surface area contributed by atoms with E-state index >= 15 is 0 Å². The highest BCUT2D eigenvalue weighted by molar-refractivity contribution is 5.90. The summed E-state index contributed by atoms with van der Waals surface area (Å²) in [5, 5.41) is 4.66. The van der Waals surface area contributed by atoms with Crippen molar-refractivity contribution in [2.45, 2.75) is 0 Å². The van der Waals surface area contributed by atoms with Gasteiger partial charge in [0.15, 0.2) is 17.5 Å². The van der Waals surface area contributed by atoms with Crippen LogP contribution in [-0.2, 0) is 0 Å². The molecule has 0 bridgehead atoms. The molecule has 0 aliphatic rings. The fraction of sp³-hybridized carbons (Fsp3) is 0. The number of rotatable bonds is 6. The Hall–Kier alpha value is -6.71. The van der Waals surface area contributed by atoms with Crippen LogP contribution in [0.3, 0.4) is 0 Å². The molecular weight excluding hydrogens is 607 g/mol. The Balaban J connectivity index is 1.20. The van der Waals surface area contributed by atoms with Crippen LogP contribution < -0.4 is 0 Å². The Morgan fingerprint density at radius 3 is 1.24 bits per heavy atom. The van der Waals surface area contributed by atoms with Gasteiger partial charge in [0.25, 0.3) is 0 Å². The third kappa shape index (κ3) is 5.72. The summed E-state index contributed by atoms with van der Waals surface area (Å²) >= 11 is 0. The van der Waals surface area contributed by atoms with Crippen molar-refractivity contribution in [2.24, 2.45) is 0 Å². The molecular formula is C47H31N3. The molecule has 8 aromatic carbocycles. The lowest BCUT2D eigenvalue weighted by Gasteiger charge is -2.14. The molecule has 3 nitrogen and oxygen atoms in total. The summed E-state index contributed by atoms with van der Waals surface area (Å²) in [6.07, 6.45) is 0. The molecule has 0 amide bonds. The van der Waals surface area contributed by atoms with Gasteiger partial charge >= 0.3 is 0 Å². The zero-order valence-electron chi connectivity index (χ0n) is 27.2. The Kier molecular flexibility index (Phi) is 7.49. The van der Waals surface area contributed by atoms with Crippen LogP contribution >= 0.6 is 0 Å². The van der Waals surface area contributed by atoms with Crippen LogP contribution in [0.4, 0.5) is 0 Å². The Morgan fingerprint density at radius 1 is 0.220 bits per heavy atom. The van der Waals surface area contributed by atoms with E-state index in [0.717, 1.165) is 38.6 Å². The molecule has 50 heavy (non-hydrogen) atoms.